The summed E-state index contributed by atoms with van der Waals surface area (Å²) in [5, 5.41) is 20.2. The van der Waals surface area contributed by atoms with E-state index in [1.54, 1.807) is 0 Å². The Labute approximate surface area is 186 Å². The summed E-state index contributed by atoms with van der Waals surface area (Å²) >= 11 is 0. The van der Waals surface area contributed by atoms with E-state index in [1.807, 2.05) is 30.3 Å². The molecule has 4 aromatic rings. The largest absolute Gasteiger partial charge is 0.502 e. The van der Waals surface area contributed by atoms with Crippen molar-refractivity contribution in [2.45, 2.75) is 0 Å². The highest BCUT2D eigenvalue weighted by Crippen LogP contribution is 2.36. The van der Waals surface area contributed by atoms with Gasteiger partial charge in [0.2, 0.25) is 5.75 Å². The number of nitrogens with one attached hydrogen (secondary N) is 2. The summed E-state index contributed by atoms with van der Waals surface area (Å²) in [7, 11) is 2.80. The van der Waals surface area contributed by atoms with Crippen molar-refractivity contribution in [1.29, 1.82) is 0 Å². The number of carbonyl (C=O) groups excluding carboxylic acids is 1. The van der Waals surface area contributed by atoms with Crippen LogP contribution in [0.15, 0.2) is 58.6 Å². The van der Waals surface area contributed by atoms with Crippen LogP contribution in [0.3, 0.4) is 0 Å². The van der Waals surface area contributed by atoms with Gasteiger partial charge < -0.3 is 14.6 Å². The average molecular weight is 446 g/mol. The number of aromatic amines is 1. The summed E-state index contributed by atoms with van der Waals surface area (Å²) in [5.74, 6) is -0.121. The summed E-state index contributed by atoms with van der Waals surface area (Å²) in [5.41, 5.74) is 2.95. The zero-order valence-electron chi connectivity index (χ0n) is 17.6. The fraction of sp³-hybridized carbons (Fsp3) is 0.0909. The van der Waals surface area contributed by atoms with Crippen molar-refractivity contribution >= 4 is 23.0 Å². The van der Waals surface area contributed by atoms with Crippen LogP contribution in [0.2, 0.25) is 0 Å². The fourth-order valence-electron chi connectivity index (χ4n) is 3.05. The van der Waals surface area contributed by atoms with Crippen molar-refractivity contribution in [3.05, 3.63) is 70.3 Å². The van der Waals surface area contributed by atoms with E-state index in [9.17, 15) is 14.7 Å². The number of nitrogens with zero attached hydrogens (tertiary/aromatic N) is 4. The van der Waals surface area contributed by atoms with Gasteiger partial charge >= 0.3 is 0 Å². The molecule has 0 saturated carbocycles. The summed E-state index contributed by atoms with van der Waals surface area (Å²) in [6.07, 6.45) is 2.71. The Kier molecular flexibility index (Phi) is 5.94. The summed E-state index contributed by atoms with van der Waals surface area (Å²) in [6, 6.07) is 12.2. The summed E-state index contributed by atoms with van der Waals surface area (Å²) < 4.78 is 10.2. The highest BCUT2D eigenvalue weighted by molar-refractivity contribution is 6.04. The first-order valence-electron chi connectivity index (χ1n) is 9.61. The van der Waals surface area contributed by atoms with E-state index in [2.05, 4.69) is 30.7 Å². The Morgan fingerprint density at radius 1 is 1.15 bits per heavy atom. The minimum atomic E-state index is -0.679. The van der Waals surface area contributed by atoms with Crippen LogP contribution in [-0.4, -0.2) is 51.6 Å². The third-order valence-electron chi connectivity index (χ3n) is 4.66. The zero-order chi connectivity index (χ0) is 23.4. The zero-order valence-corrected chi connectivity index (χ0v) is 17.6. The first-order chi connectivity index (χ1) is 16.0. The van der Waals surface area contributed by atoms with E-state index in [0.29, 0.717) is 11.4 Å². The number of phenolic OH excluding ortho intramolecular Hbond substituents is 1. The molecule has 0 saturated heterocycles. The minimum absolute atomic E-state index is 0.0287. The van der Waals surface area contributed by atoms with Gasteiger partial charge in [0.25, 0.3) is 11.5 Å². The van der Waals surface area contributed by atoms with Gasteiger partial charge in [-0.05, 0) is 12.1 Å². The van der Waals surface area contributed by atoms with Crippen LogP contribution in [-0.2, 0) is 0 Å². The molecule has 0 radical (unpaired) electrons. The number of methoxy groups -OCH3 is 2. The number of rotatable bonds is 6. The molecule has 4 rings (SSSR count). The van der Waals surface area contributed by atoms with Crippen LogP contribution < -0.4 is 20.5 Å². The maximum atomic E-state index is 12.7. The number of benzene rings is 2. The van der Waals surface area contributed by atoms with E-state index in [0.717, 1.165) is 5.56 Å². The molecule has 1 amide bonds. The minimum Gasteiger partial charge on any atom is -0.502 e. The lowest BCUT2D eigenvalue weighted by Gasteiger charge is -2.09. The number of hydrogen-bond donors (Lipinski definition) is 3. The molecule has 0 aliphatic carbocycles. The Hall–Kier alpha value is -4.80. The van der Waals surface area contributed by atoms with Crippen LogP contribution in [0.4, 0.5) is 0 Å². The fourth-order valence-corrected chi connectivity index (χ4v) is 3.05. The van der Waals surface area contributed by atoms with Crippen LogP contribution in [0.25, 0.3) is 22.3 Å². The van der Waals surface area contributed by atoms with E-state index in [-0.39, 0.29) is 33.8 Å². The topological polar surface area (TPSA) is 152 Å². The molecule has 3 N–H and O–H groups in total. The maximum absolute atomic E-state index is 12.7. The van der Waals surface area contributed by atoms with Crippen LogP contribution in [0.1, 0.15) is 16.1 Å². The number of phenols is 1. The Balaban J connectivity index is 1.61. The third kappa shape index (κ3) is 4.32. The Morgan fingerprint density at radius 2 is 1.85 bits per heavy atom. The molecule has 0 unspecified atom stereocenters. The van der Waals surface area contributed by atoms with Gasteiger partial charge in [-0.2, -0.15) is 10.2 Å². The van der Waals surface area contributed by atoms with Gasteiger partial charge in [0.05, 0.1) is 25.8 Å². The molecule has 2 aromatic carbocycles. The predicted molar refractivity (Wildman–Crippen MR) is 120 cm³/mol. The van der Waals surface area contributed by atoms with Crippen molar-refractivity contribution in [2.75, 3.05) is 14.2 Å². The van der Waals surface area contributed by atoms with Gasteiger partial charge in [-0.3, -0.25) is 9.59 Å². The second kappa shape index (κ2) is 9.14. The SMILES string of the molecule is COc1cc(/C=N/NC(=O)c2n[nH]c(=O)c3nc(-c4ccccc4)ncc23)cc(OC)c1O. The number of aromatic hydroxyl groups is 1. The standard InChI is InChI=1S/C22H18N6O5/c1-32-15-8-12(9-16(33-2)19(15)29)10-24-27-22(31)18-14-11-23-20(13-6-4-3-5-7-13)25-17(14)21(30)28-26-18/h3-11,29H,1-2H3,(H,27,31)(H,28,30)/b24-10+. The van der Waals surface area contributed by atoms with Crippen LogP contribution >= 0.6 is 0 Å². The number of hydrogen-bond acceptors (Lipinski definition) is 9. The molecule has 0 spiro atoms. The monoisotopic (exact) mass is 446 g/mol. The second-order valence-corrected chi connectivity index (χ2v) is 6.70. The first-order valence-corrected chi connectivity index (χ1v) is 9.61. The van der Waals surface area contributed by atoms with Crippen LogP contribution in [0, 0.1) is 0 Å². The molecule has 0 aliphatic rings. The number of fused-ring (bicyclic) bond motifs is 1. The lowest BCUT2D eigenvalue weighted by atomic mass is 10.2. The molecule has 0 bridgehead atoms. The molecule has 0 aliphatic heterocycles. The quantitative estimate of drug-likeness (QED) is 0.300. The Bertz CT molecular complexity index is 1390. The van der Waals surface area contributed by atoms with Crippen molar-refractivity contribution in [2.24, 2.45) is 5.10 Å². The molecule has 2 aromatic heterocycles. The van der Waals surface area contributed by atoms with E-state index in [4.69, 9.17) is 9.47 Å². The van der Waals surface area contributed by atoms with Crippen LogP contribution in [0.5, 0.6) is 17.2 Å². The molecule has 33 heavy (non-hydrogen) atoms. The smallest absolute Gasteiger partial charge is 0.292 e. The first kappa shape index (κ1) is 21.4. The molecule has 11 nitrogen and oxygen atoms in total. The highest BCUT2D eigenvalue weighted by Gasteiger charge is 2.17. The van der Waals surface area contributed by atoms with Gasteiger partial charge in [-0.1, -0.05) is 30.3 Å². The van der Waals surface area contributed by atoms with Crippen molar-refractivity contribution in [3.63, 3.8) is 0 Å². The van der Waals surface area contributed by atoms with Gasteiger partial charge in [-0.25, -0.2) is 20.5 Å². The number of aromatic nitrogens is 4. The second-order valence-electron chi connectivity index (χ2n) is 6.70. The van der Waals surface area contributed by atoms with E-state index in [1.165, 1.54) is 38.8 Å². The van der Waals surface area contributed by atoms with Crippen molar-refractivity contribution in [1.82, 2.24) is 25.6 Å². The lowest BCUT2D eigenvalue weighted by molar-refractivity contribution is 0.0951. The molecular weight excluding hydrogens is 428 g/mol. The molecule has 11 heteroatoms. The lowest BCUT2D eigenvalue weighted by Crippen LogP contribution is -2.23. The molecular formula is C22H18N6O5. The molecule has 2 heterocycles. The molecule has 0 fully saturated rings. The van der Waals surface area contributed by atoms with Gasteiger partial charge in [0.1, 0.15) is 5.52 Å². The molecule has 0 atom stereocenters. The average Bonchev–Trinajstić information content (AvgIpc) is 2.85. The van der Waals surface area contributed by atoms with Crippen molar-refractivity contribution < 1.29 is 19.4 Å². The Morgan fingerprint density at radius 3 is 2.52 bits per heavy atom. The normalized spacial score (nSPS) is 11.0. The number of ether oxygens (including phenoxy) is 2. The van der Waals surface area contributed by atoms with Gasteiger partial charge in [-0.15, -0.1) is 0 Å². The predicted octanol–water partition coefficient (Wildman–Crippen LogP) is 1.87. The summed E-state index contributed by atoms with van der Waals surface area (Å²) in [6.45, 7) is 0. The molecule has 166 valence electrons. The highest BCUT2D eigenvalue weighted by atomic mass is 16.5. The third-order valence-corrected chi connectivity index (χ3v) is 4.66. The maximum Gasteiger partial charge on any atom is 0.292 e. The van der Waals surface area contributed by atoms with Gasteiger partial charge in [0.15, 0.2) is 23.0 Å². The van der Waals surface area contributed by atoms with E-state index < -0.39 is 11.5 Å². The number of carbonyl (C=O) groups is 1. The number of hydrazone groups is 1. The van der Waals surface area contributed by atoms with Gasteiger partial charge in [0, 0.05) is 17.3 Å². The van der Waals surface area contributed by atoms with Crippen molar-refractivity contribution in [3.8, 4) is 28.6 Å². The number of H-pyrrole nitrogens is 1. The summed E-state index contributed by atoms with van der Waals surface area (Å²) in [4.78, 5) is 33.5. The van der Waals surface area contributed by atoms with E-state index >= 15 is 0 Å². The number of amides is 1.